The Balaban J connectivity index is 1.58. The molecule has 0 aliphatic carbocycles. The summed E-state index contributed by atoms with van der Waals surface area (Å²) in [5.41, 5.74) is 2.60. The molecule has 0 saturated carbocycles. The monoisotopic (exact) mass is 534 g/mol. The van der Waals surface area contributed by atoms with E-state index in [1.54, 1.807) is 11.6 Å². The summed E-state index contributed by atoms with van der Waals surface area (Å²) < 4.78 is 44.6. The van der Waals surface area contributed by atoms with Crippen molar-refractivity contribution in [3.63, 3.8) is 0 Å². The van der Waals surface area contributed by atoms with E-state index in [9.17, 15) is 18.0 Å². The molecule has 7 nitrogen and oxygen atoms in total. The third kappa shape index (κ3) is 4.70. The third-order valence-electron chi connectivity index (χ3n) is 5.50. The number of pyridine rings is 1. The van der Waals surface area contributed by atoms with Crippen molar-refractivity contribution in [3.05, 3.63) is 68.7 Å². The van der Waals surface area contributed by atoms with Gasteiger partial charge in [-0.3, -0.25) is 9.48 Å². The molecule has 0 aliphatic heterocycles. The van der Waals surface area contributed by atoms with Crippen molar-refractivity contribution in [2.45, 2.75) is 47.0 Å². The number of aromatic nitrogens is 5. The number of nitrogens with zero attached hydrogens (tertiary/aromatic N) is 5. The van der Waals surface area contributed by atoms with Gasteiger partial charge in [-0.2, -0.15) is 23.4 Å². The van der Waals surface area contributed by atoms with Gasteiger partial charge in [0.15, 0.2) is 5.65 Å². The largest absolute Gasteiger partial charge is 0.417 e. The number of carbonyl (C=O) groups is 1. The number of halogens is 4. The lowest BCUT2D eigenvalue weighted by atomic mass is 10.1. The summed E-state index contributed by atoms with van der Waals surface area (Å²) in [6.45, 7) is 6.84. The second kappa shape index (κ2) is 8.86. The number of aryl methyl sites for hydroxylation is 3. The molecule has 0 atom stereocenters. The first kappa shape index (κ1) is 23.9. The van der Waals surface area contributed by atoms with Gasteiger partial charge in [-0.05, 0) is 51.5 Å². The zero-order valence-corrected chi connectivity index (χ0v) is 20.5. The van der Waals surface area contributed by atoms with E-state index in [2.05, 4.69) is 36.4 Å². The minimum atomic E-state index is -4.55. The lowest BCUT2D eigenvalue weighted by molar-refractivity contribution is -0.136. The van der Waals surface area contributed by atoms with Gasteiger partial charge in [0.25, 0.3) is 0 Å². The smallest absolute Gasteiger partial charge is 0.321 e. The zero-order valence-electron chi connectivity index (χ0n) is 19.0. The van der Waals surface area contributed by atoms with Gasteiger partial charge in [0.05, 0.1) is 40.3 Å². The Labute approximate surface area is 202 Å². The van der Waals surface area contributed by atoms with E-state index >= 15 is 0 Å². The van der Waals surface area contributed by atoms with Crippen LogP contribution in [0.1, 0.15) is 33.9 Å². The number of anilines is 1. The molecule has 1 aromatic carbocycles. The Kier molecular flexibility index (Phi) is 6.24. The first-order valence-electron chi connectivity index (χ1n) is 10.4. The maximum absolute atomic E-state index is 13.5. The van der Waals surface area contributed by atoms with E-state index in [-0.39, 0.29) is 29.0 Å². The van der Waals surface area contributed by atoms with Gasteiger partial charge >= 0.3 is 6.18 Å². The fourth-order valence-electron chi connectivity index (χ4n) is 3.92. The van der Waals surface area contributed by atoms with Crippen molar-refractivity contribution in [1.29, 1.82) is 0 Å². The molecular weight excluding hydrogens is 513 g/mol. The molecule has 1 N–H and O–H groups in total. The highest BCUT2D eigenvalue weighted by molar-refractivity contribution is 9.10. The summed E-state index contributed by atoms with van der Waals surface area (Å²) in [6.07, 6.45) is -4.55. The van der Waals surface area contributed by atoms with Gasteiger partial charge in [0.2, 0.25) is 5.91 Å². The van der Waals surface area contributed by atoms with Crippen LogP contribution in [0.3, 0.4) is 0 Å². The summed E-state index contributed by atoms with van der Waals surface area (Å²) in [6, 6.07) is 8.84. The lowest BCUT2D eigenvalue weighted by Crippen LogP contribution is -2.20. The Bertz CT molecular complexity index is 1390. The molecule has 0 unspecified atom stereocenters. The van der Waals surface area contributed by atoms with Gasteiger partial charge in [-0.25, -0.2) is 9.67 Å². The normalized spacial score (nSPS) is 11.9. The third-order valence-corrected chi connectivity index (χ3v) is 6.02. The summed E-state index contributed by atoms with van der Waals surface area (Å²) in [7, 11) is 0. The molecule has 0 saturated heterocycles. The van der Waals surface area contributed by atoms with Gasteiger partial charge in [0.1, 0.15) is 6.54 Å². The van der Waals surface area contributed by atoms with Crippen LogP contribution in [-0.2, 0) is 24.1 Å². The highest BCUT2D eigenvalue weighted by Crippen LogP contribution is 2.36. The van der Waals surface area contributed by atoms with Gasteiger partial charge in [-0.15, -0.1) is 0 Å². The minimum absolute atomic E-state index is 0.0272. The molecule has 1 amide bonds. The highest BCUT2D eigenvalue weighted by Gasteiger charge is 2.35. The number of hydrogen-bond acceptors (Lipinski definition) is 4. The average molecular weight is 535 g/mol. The van der Waals surface area contributed by atoms with E-state index in [1.165, 1.54) is 18.5 Å². The summed E-state index contributed by atoms with van der Waals surface area (Å²) >= 11 is 3.41. The summed E-state index contributed by atoms with van der Waals surface area (Å²) in [5.74, 6) is -0.435. The van der Waals surface area contributed by atoms with Crippen LogP contribution in [0.15, 0.2) is 34.8 Å². The van der Waals surface area contributed by atoms with Crippen LogP contribution >= 0.6 is 15.9 Å². The van der Waals surface area contributed by atoms with Gasteiger partial charge in [0, 0.05) is 10.2 Å². The quantitative estimate of drug-likeness (QED) is 0.375. The highest BCUT2D eigenvalue weighted by atomic mass is 79.9. The number of rotatable bonds is 5. The van der Waals surface area contributed by atoms with E-state index < -0.39 is 17.6 Å². The predicted octanol–water partition coefficient (Wildman–Crippen LogP) is 5.33. The molecule has 34 heavy (non-hydrogen) atoms. The van der Waals surface area contributed by atoms with Crippen molar-refractivity contribution < 1.29 is 18.0 Å². The molecule has 3 aromatic heterocycles. The molecular formula is C23H22BrF3N6O. The lowest BCUT2D eigenvalue weighted by Gasteiger charge is -2.10. The number of nitrogens with one attached hydrogen (secondary N) is 1. The summed E-state index contributed by atoms with van der Waals surface area (Å²) in [5, 5.41) is 11.4. The van der Waals surface area contributed by atoms with E-state index in [0.717, 1.165) is 21.8 Å². The molecule has 11 heteroatoms. The standard InChI is InChI=1S/C23H22BrF3N6O/c1-12-9-18(23(25,26)27)20-13(2)30-33(22(20)28-12)11-19(34)29-21-14(3)31-32(15(21)4)10-16-5-7-17(24)8-6-16/h5-9H,10-11H2,1-4H3,(H,29,34). The Morgan fingerprint density at radius 3 is 2.32 bits per heavy atom. The van der Waals surface area contributed by atoms with E-state index in [4.69, 9.17) is 0 Å². The van der Waals surface area contributed by atoms with Crippen molar-refractivity contribution in [3.8, 4) is 0 Å². The first-order chi connectivity index (χ1) is 15.9. The molecule has 0 aliphatic rings. The molecule has 0 spiro atoms. The van der Waals surface area contributed by atoms with Crippen LogP contribution in [0.25, 0.3) is 11.0 Å². The number of benzene rings is 1. The van der Waals surface area contributed by atoms with Gasteiger partial charge < -0.3 is 5.32 Å². The summed E-state index contributed by atoms with van der Waals surface area (Å²) in [4.78, 5) is 17.1. The predicted molar refractivity (Wildman–Crippen MR) is 126 cm³/mol. The maximum atomic E-state index is 13.5. The fraction of sp³-hybridized carbons (Fsp3) is 0.304. The van der Waals surface area contributed by atoms with E-state index in [1.807, 2.05) is 31.2 Å². The molecule has 0 radical (unpaired) electrons. The minimum Gasteiger partial charge on any atom is -0.321 e. The second-order valence-electron chi connectivity index (χ2n) is 8.13. The second-order valence-corrected chi connectivity index (χ2v) is 9.04. The van der Waals surface area contributed by atoms with Crippen molar-refractivity contribution in [2.24, 2.45) is 0 Å². The van der Waals surface area contributed by atoms with Crippen molar-refractivity contribution in [2.75, 3.05) is 5.32 Å². The molecule has 4 rings (SSSR count). The molecule has 0 fully saturated rings. The van der Waals surface area contributed by atoms with Crippen LogP contribution in [0.4, 0.5) is 18.9 Å². The van der Waals surface area contributed by atoms with Crippen molar-refractivity contribution in [1.82, 2.24) is 24.5 Å². The number of carbonyl (C=O) groups excluding carboxylic acids is 1. The SMILES string of the molecule is Cc1cc(C(F)(F)F)c2c(C)nn(CC(=O)Nc3c(C)nn(Cc4ccc(Br)cc4)c3C)c2n1. The Morgan fingerprint density at radius 2 is 1.68 bits per heavy atom. The average Bonchev–Trinajstić information content (AvgIpc) is 3.19. The van der Waals surface area contributed by atoms with E-state index in [0.29, 0.717) is 17.9 Å². The molecule has 0 bridgehead atoms. The number of amides is 1. The molecule has 4 aromatic rings. The van der Waals surface area contributed by atoms with Crippen LogP contribution in [0.2, 0.25) is 0 Å². The van der Waals surface area contributed by atoms with Crippen LogP contribution in [0.5, 0.6) is 0 Å². The first-order valence-corrected chi connectivity index (χ1v) is 11.2. The topological polar surface area (TPSA) is 77.6 Å². The number of alkyl halides is 3. The molecule has 3 heterocycles. The van der Waals surface area contributed by atoms with Gasteiger partial charge in [-0.1, -0.05) is 28.1 Å². The van der Waals surface area contributed by atoms with Crippen LogP contribution in [0, 0.1) is 27.7 Å². The van der Waals surface area contributed by atoms with Crippen LogP contribution < -0.4 is 5.32 Å². The zero-order chi connectivity index (χ0) is 24.8. The fourth-order valence-corrected chi connectivity index (χ4v) is 4.19. The Morgan fingerprint density at radius 1 is 1.03 bits per heavy atom. The van der Waals surface area contributed by atoms with Crippen LogP contribution in [-0.4, -0.2) is 30.5 Å². The molecule has 178 valence electrons. The number of hydrogen-bond donors (Lipinski definition) is 1. The maximum Gasteiger partial charge on any atom is 0.417 e. The van der Waals surface area contributed by atoms with Crippen molar-refractivity contribution >= 4 is 38.6 Å². The number of fused-ring (bicyclic) bond motifs is 1. The Hall–Kier alpha value is -3.21.